The number of hydrogen-bond donors (Lipinski definition) is 1. The maximum atomic E-state index is 10.6. The first-order chi connectivity index (χ1) is 5.70. The summed E-state index contributed by atoms with van der Waals surface area (Å²) in [5, 5.41) is 0. The number of hydrogen-bond acceptors (Lipinski definition) is 2. The molecule has 4 heteroatoms. The van der Waals surface area contributed by atoms with Gasteiger partial charge < -0.3 is 4.52 Å². The van der Waals surface area contributed by atoms with Gasteiger partial charge in [0, 0.05) is 0 Å². The summed E-state index contributed by atoms with van der Waals surface area (Å²) >= 11 is 3.73. The summed E-state index contributed by atoms with van der Waals surface area (Å²) in [6.07, 6.45) is 4.72. The Kier molecular flexibility index (Phi) is 8.52. The van der Waals surface area contributed by atoms with Gasteiger partial charge in [0.15, 0.2) is 0 Å². The van der Waals surface area contributed by atoms with Crippen molar-refractivity contribution in [2.24, 2.45) is 5.92 Å². The van der Waals surface area contributed by atoms with Crippen LogP contribution in [0.2, 0.25) is 0 Å². The molecule has 0 aliphatic rings. The molecule has 0 amide bonds. The zero-order chi connectivity index (χ0) is 9.40. The third-order valence-electron chi connectivity index (χ3n) is 1.99. The summed E-state index contributed by atoms with van der Waals surface area (Å²) in [6.45, 7) is 4.92. The van der Waals surface area contributed by atoms with Crippen LogP contribution in [0.3, 0.4) is 0 Å². The Labute approximate surface area is 81.1 Å². The predicted octanol–water partition coefficient (Wildman–Crippen LogP) is 3.54. The smallest absolute Gasteiger partial charge is 0.243 e. The van der Waals surface area contributed by atoms with E-state index in [-0.39, 0.29) is 0 Å². The highest BCUT2D eigenvalue weighted by Gasteiger charge is 2.06. The van der Waals surface area contributed by atoms with E-state index in [1.165, 1.54) is 19.3 Å². The third kappa shape index (κ3) is 7.20. The first-order valence-corrected chi connectivity index (χ1v) is 7.16. The minimum Gasteiger partial charge on any atom is -0.323 e. The zero-order valence-corrected chi connectivity index (χ0v) is 9.77. The van der Waals surface area contributed by atoms with Crippen LogP contribution in [0.4, 0.5) is 0 Å². The van der Waals surface area contributed by atoms with Crippen LogP contribution in [0.1, 0.15) is 39.5 Å². The quantitative estimate of drug-likeness (QED) is 0.514. The summed E-state index contributed by atoms with van der Waals surface area (Å²) in [7, 11) is -2.02. The predicted molar refractivity (Wildman–Crippen MR) is 57.2 cm³/mol. The molecule has 0 aromatic carbocycles. The highest BCUT2D eigenvalue weighted by Crippen LogP contribution is 2.28. The molecular weight excluding hydrogens is 191 g/mol. The molecule has 0 heterocycles. The molecule has 0 radical (unpaired) electrons. The van der Waals surface area contributed by atoms with Crippen LogP contribution in [-0.2, 0) is 9.09 Å². The average molecular weight is 210 g/mol. The maximum Gasteiger partial charge on any atom is 0.243 e. The lowest BCUT2D eigenvalue weighted by molar-refractivity contribution is 0.249. The topological polar surface area (TPSA) is 26.3 Å². The second-order valence-corrected chi connectivity index (χ2v) is 4.91. The molecule has 0 aromatic heterocycles. The van der Waals surface area contributed by atoms with Gasteiger partial charge in [0.25, 0.3) is 0 Å². The van der Waals surface area contributed by atoms with Crippen molar-refractivity contribution in [2.45, 2.75) is 39.5 Å². The van der Waals surface area contributed by atoms with E-state index in [1.54, 1.807) is 0 Å². The van der Waals surface area contributed by atoms with E-state index in [4.69, 9.17) is 4.52 Å². The maximum absolute atomic E-state index is 10.6. The van der Waals surface area contributed by atoms with Gasteiger partial charge in [-0.3, -0.25) is 4.57 Å². The number of rotatable bonds is 7. The van der Waals surface area contributed by atoms with Crippen LogP contribution in [0.5, 0.6) is 0 Å². The highest BCUT2D eigenvalue weighted by molar-refractivity contribution is 8.39. The lowest BCUT2D eigenvalue weighted by Crippen LogP contribution is -2.05. The Bertz CT molecular complexity index is 130. The highest BCUT2D eigenvalue weighted by atomic mass is 32.7. The fourth-order valence-electron chi connectivity index (χ4n) is 1.09. The second kappa shape index (κ2) is 8.15. The number of unbranched alkanes of at least 4 members (excludes halogenated alkanes) is 1. The van der Waals surface area contributed by atoms with Crippen molar-refractivity contribution >= 4 is 19.5 Å². The van der Waals surface area contributed by atoms with Crippen LogP contribution in [0.25, 0.3) is 0 Å². The minimum absolute atomic E-state index is 0.561. The first kappa shape index (κ1) is 12.5. The minimum atomic E-state index is -2.02. The summed E-state index contributed by atoms with van der Waals surface area (Å²) in [5.41, 5.74) is 0. The Hall–Kier alpha value is 0.540. The van der Waals surface area contributed by atoms with Crippen LogP contribution >= 0.6 is 19.5 Å². The van der Waals surface area contributed by atoms with Gasteiger partial charge in [-0.1, -0.05) is 45.4 Å². The van der Waals surface area contributed by atoms with Crippen LogP contribution in [-0.4, -0.2) is 6.61 Å². The molecule has 2 nitrogen and oxygen atoms in total. The van der Waals surface area contributed by atoms with Crippen molar-refractivity contribution in [2.75, 3.05) is 6.61 Å². The Balaban J connectivity index is 3.45. The lowest BCUT2D eigenvalue weighted by Gasteiger charge is -2.12. The molecule has 0 aliphatic heterocycles. The molecule has 0 saturated heterocycles. The van der Waals surface area contributed by atoms with Gasteiger partial charge in [0.05, 0.1) is 6.61 Å². The molecule has 0 saturated carbocycles. The molecule has 0 aliphatic carbocycles. The van der Waals surface area contributed by atoms with Crippen LogP contribution in [0, 0.1) is 5.92 Å². The fraction of sp³-hybridized carbons (Fsp3) is 1.00. The van der Waals surface area contributed by atoms with E-state index in [2.05, 4.69) is 26.1 Å². The van der Waals surface area contributed by atoms with Gasteiger partial charge in [-0.25, -0.2) is 0 Å². The van der Waals surface area contributed by atoms with Gasteiger partial charge in [0.2, 0.25) is 7.23 Å². The van der Waals surface area contributed by atoms with Gasteiger partial charge in [-0.15, -0.1) is 0 Å². The second-order valence-electron chi connectivity index (χ2n) is 2.99. The van der Waals surface area contributed by atoms with Crippen LogP contribution in [0.15, 0.2) is 0 Å². The van der Waals surface area contributed by atoms with Crippen molar-refractivity contribution in [3.8, 4) is 0 Å². The van der Waals surface area contributed by atoms with Crippen molar-refractivity contribution in [3.05, 3.63) is 0 Å². The fourth-order valence-corrected chi connectivity index (χ4v) is 1.69. The molecule has 0 aromatic rings. The molecular formula is C8H19O2PS. The average Bonchev–Trinajstić information content (AvgIpc) is 2.05. The van der Waals surface area contributed by atoms with E-state index < -0.39 is 7.23 Å². The molecule has 0 spiro atoms. The molecule has 0 fully saturated rings. The standard InChI is InChI=1S/C8H19O2PS/c1-3-5-6-8(4-2)7-10-11(9)12/h8,11H,3-7H2,1-2H3,(H,9,12). The van der Waals surface area contributed by atoms with Gasteiger partial charge in [-0.05, 0) is 12.3 Å². The van der Waals surface area contributed by atoms with Gasteiger partial charge in [0.1, 0.15) is 0 Å². The SMILES string of the molecule is CCCCC(CC)CO[PH](=O)S. The Morgan fingerprint density at radius 1 is 1.50 bits per heavy atom. The van der Waals surface area contributed by atoms with E-state index in [0.29, 0.717) is 12.5 Å². The zero-order valence-electron chi connectivity index (χ0n) is 7.88. The van der Waals surface area contributed by atoms with E-state index in [1.807, 2.05) is 0 Å². The van der Waals surface area contributed by atoms with Crippen molar-refractivity contribution in [1.29, 1.82) is 0 Å². The summed E-state index contributed by atoms with van der Waals surface area (Å²) in [6, 6.07) is 0. The molecule has 74 valence electrons. The Morgan fingerprint density at radius 3 is 2.58 bits per heavy atom. The summed E-state index contributed by atoms with van der Waals surface area (Å²) in [5.74, 6) is 0.561. The molecule has 0 bridgehead atoms. The van der Waals surface area contributed by atoms with Gasteiger partial charge in [-0.2, -0.15) is 0 Å². The van der Waals surface area contributed by atoms with E-state index in [9.17, 15) is 4.57 Å². The van der Waals surface area contributed by atoms with E-state index >= 15 is 0 Å². The van der Waals surface area contributed by atoms with Gasteiger partial charge >= 0.3 is 0 Å². The van der Waals surface area contributed by atoms with E-state index in [0.717, 1.165) is 6.42 Å². The normalized spacial score (nSPS) is 15.9. The molecule has 12 heavy (non-hydrogen) atoms. The van der Waals surface area contributed by atoms with Crippen molar-refractivity contribution in [3.63, 3.8) is 0 Å². The van der Waals surface area contributed by atoms with Crippen molar-refractivity contribution in [1.82, 2.24) is 0 Å². The molecule has 0 rings (SSSR count). The largest absolute Gasteiger partial charge is 0.323 e. The number of thiol groups is 1. The monoisotopic (exact) mass is 210 g/mol. The third-order valence-corrected chi connectivity index (χ3v) is 2.79. The summed E-state index contributed by atoms with van der Waals surface area (Å²) in [4.78, 5) is 0. The first-order valence-electron chi connectivity index (χ1n) is 4.56. The molecule has 0 N–H and O–H groups in total. The Morgan fingerprint density at radius 2 is 2.17 bits per heavy atom. The molecule has 2 atom stereocenters. The summed E-state index contributed by atoms with van der Waals surface area (Å²) < 4.78 is 15.6. The van der Waals surface area contributed by atoms with Crippen molar-refractivity contribution < 1.29 is 9.09 Å². The van der Waals surface area contributed by atoms with Crippen LogP contribution < -0.4 is 0 Å². The lowest BCUT2D eigenvalue weighted by atomic mass is 10.0. The molecule has 2 unspecified atom stereocenters.